The van der Waals surface area contributed by atoms with Crippen LogP contribution in [0.4, 0.5) is 0 Å². The number of aliphatic hydroxyl groups excluding tert-OH is 1. The highest BCUT2D eigenvalue weighted by molar-refractivity contribution is 5.81. The smallest absolute Gasteiger partial charge is 0.239 e. The van der Waals surface area contributed by atoms with Gasteiger partial charge in [0.15, 0.2) is 0 Å². The number of rotatable bonds is 6. The highest BCUT2D eigenvalue weighted by Crippen LogP contribution is 1.87. The Morgan fingerprint density at radius 1 is 1.69 bits per heavy atom. The summed E-state index contributed by atoms with van der Waals surface area (Å²) >= 11 is 0. The average Bonchev–Trinajstić information content (AvgIpc) is 2.13. The van der Waals surface area contributed by atoms with Crippen molar-refractivity contribution in [3.05, 3.63) is 0 Å². The van der Waals surface area contributed by atoms with Gasteiger partial charge < -0.3 is 20.9 Å². The third kappa shape index (κ3) is 5.57. The van der Waals surface area contributed by atoms with Gasteiger partial charge in [0.05, 0.1) is 12.7 Å². The zero-order valence-corrected chi connectivity index (χ0v) is 8.12. The molecule has 0 aliphatic carbocycles. The molecule has 0 aromatic carbocycles. The van der Waals surface area contributed by atoms with Gasteiger partial charge in [-0.25, -0.2) is 0 Å². The molecule has 0 rings (SSSR count). The molecule has 0 aromatic heterocycles. The van der Waals surface area contributed by atoms with Crippen molar-refractivity contribution in [2.75, 3.05) is 20.3 Å². The fourth-order valence-corrected chi connectivity index (χ4v) is 0.749. The maximum Gasteiger partial charge on any atom is 0.239 e. The molecule has 0 fully saturated rings. The second-order valence-electron chi connectivity index (χ2n) is 2.87. The fourth-order valence-electron chi connectivity index (χ4n) is 0.749. The van der Waals surface area contributed by atoms with Crippen LogP contribution >= 0.6 is 0 Å². The summed E-state index contributed by atoms with van der Waals surface area (Å²) in [7, 11) is 1.48. The molecule has 1 amide bonds. The van der Waals surface area contributed by atoms with Gasteiger partial charge in [0, 0.05) is 13.7 Å². The van der Waals surface area contributed by atoms with E-state index in [9.17, 15) is 4.79 Å². The fraction of sp³-hybridized carbons (Fsp3) is 0.875. The predicted molar refractivity (Wildman–Crippen MR) is 49.2 cm³/mol. The van der Waals surface area contributed by atoms with Crippen molar-refractivity contribution >= 4 is 5.91 Å². The molecular weight excluding hydrogens is 172 g/mol. The number of methoxy groups -OCH3 is 1. The molecular formula is C8H18N2O3. The largest absolute Gasteiger partial charge is 0.391 e. The number of hydrogen-bond donors (Lipinski definition) is 3. The van der Waals surface area contributed by atoms with Crippen LogP contribution in [-0.2, 0) is 9.53 Å². The van der Waals surface area contributed by atoms with Gasteiger partial charge in [0.1, 0.15) is 6.04 Å². The molecule has 0 saturated heterocycles. The average molecular weight is 190 g/mol. The van der Waals surface area contributed by atoms with Crippen molar-refractivity contribution in [2.24, 2.45) is 5.73 Å². The molecule has 4 N–H and O–H groups in total. The molecule has 0 bridgehead atoms. The highest BCUT2D eigenvalue weighted by Gasteiger charge is 2.13. The van der Waals surface area contributed by atoms with E-state index in [1.165, 1.54) is 7.11 Å². The lowest BCUT2D eigenvalue weighted by Gasteiger charge is -2.13. The molecule has 0 radical (unpaired) electrons. The molecule has 0 aliphatic rings. The lowest BCUT2D eigenvalue weighted by molar-refractivity contribution is -0.123. The molecule has 0 spiro atoms. The third-order valence-corrected chi connectivity index (χ3v) is 1.67. The van der Waals surface area contributed by atoms with Gasteiger partial charge in [-0.1, -0.05) is 6.92 Å². The molecule has 0 heterocycles. The van der Waals surface area contributed by atoms with Gasteiger partial charge >= 0.3 is 0 Å². The summed E-state index contributed by atoms with van der Waals surface area (Å²) < 4.78 is 4.71. The molecule has 5 heteroatoms. The number of ether oxygens (including phenoxy) is 1. The third-order valence-electron chi connectivity index (χ3n) is 1.67. The van der Waals surface area contributed by atoms with Gasteiger partial charge in [-0.15, -0.1) is 0 Å². The lowest BCUT2D eigenvalue weighted by atomic mass is 10.2. The first-order valence-electron chi connectivity index (χ1n) is 4.32. The quantitative estimate of drug-likeness (QED) is 0.493. The number of hydrogen-bond acceptors (Lipinski definition) is 4. The summed E-state index contributed by atoms with van der Waals surface area (Å²) in [4.78, 5) is 11.1. The molecule has 78 valence electrons. The summed E-state index contributed by atoms with van der Waals surface area (Å²) in [5, 5.41) is 11.7. The van der Waals surface area contributed by atoms with Crippen LogP contribution in [-0.4, -0.2) is 43.4 Å². The molecule has 2 unspecified atom stereocenters. The number of nitrogens with one attached hydrogen (secondary N) is 1. The summed E-state index contributed by atoms with van der Waals surface area (Å²) in [5.41, 5.74) is 5.44. The first kappa shape index (κ1) is 12.3. The zero-order valence-electron chi connectivity index (χ0n) is 8.12. The minimum Gasteiger partial charge on any atom is -0.391 e. The van der Waals surface area contributed by atoms with Crippen molar-refractivity contribution in [1.82, 2.24) is 5.32 Å². The Morgan fingerprint density at radius 3 is 2.77 bits per heavy atom. The van der Waals surface area contributed by atoms with E-state index >= 15 is 0 Å². The molecule has 0 saturated carbocycles. The van der Waals surface area contributed by atoms with Gasteiger partial charge in [-0.3, -0.25) is 4.79 Å². The van der Waals surface area contributed by atoms with Gasteiger partial charge in [-0.2, -0.15) is 0 Å². The summed E-state index contributed by atoms with van der Waals surface area (Å²) in [6.07, 6.45) is 0.110. The zero-order chi connectivity index (χ0) is 10.3. The van der Waals surface area contributed by atoms with E-state index in [-0.39, 0.29) is 19.1 Å². The Balaban J connectivity index is 3.61. The maximum absolute atomic E-state index is 11.1. The van der Waals surface area contributed by atoms with E-state index < -0.39 is 12.1 Å². The van der Waals surface area contributed by atoms with Gasteiger partial charge in [0.25, 0.3) is 0 Å². The number of carbonyl (C=O) groups is 1. The van der Waals surface area contributed by atoms with Crippen LogP contribution in [0.25, 0.3) is 0 Å². The molecule has 0 aliphatic heterocycles. The van der Waals surface area contributed by atoms with Crippen molar-refractivity contribution < 1.29 is 14.6 Å². The van der Waals surface area contributed by atoms with Crippen LogP contribution in [0.5, 0.6) is 0 Å². The monoisotopic (exact) mass is 190 g/mol. The van der Waals surface area contributed by atoms with Crippen LogP contribution in [0.3, 0.4) is 0 Å². The summed E-state index contributed by atoms with van der Waals surface area (Å²) in [6, 6.07) is -0.658. The Labute approximate surface area is 78.3 Å². The number of aliphatic hydroxyl groups is 1. The minimum atomic E-state index is -0.658. The van der Waals surface area contributed by atoms with Crippen molar-refractivity contribution in [2.45, 2.75) is 25.5 Å². The topological polar surface area (TPSA) is 84.6 Å². The maximum atomic E-state index is 11.1. The van der Waals surface area contributed by atoms with E-state index in [0.717, 1.165) is 0 Å². The van der Waals surface area contributed by atoms with Crippen molar-refractivity contribution in [3.8, 4) is 0 Å². The van der Waals surface area contributed by atoms with E-state index in [0.29, 0.717) is 6.42 Å². The Hall–Kier alpha value is -0.650. The van der Waals surface area contributed by atoms with Crippen molar-refractivity contribution in [1.29, 1.82) is 0 Å². The Kier molecular flexibility index (Phi) is 6.48. The van der Waals surface area contributed by atoms with E-state index in [1.54, 1.807) is 0 Å². The summed E-state index contributed by atoms with van der Waals surface area (Å²) in [6.45, 7) is 2.27. The molecule has 5 nitrogen and oxygen atoms in total. The minimum absolute atomic E-state index is 0.189. The predicted octanol–water partition coefficient (Wildman–Crippen LogP) is -1.15. The summed E-state index contributed by atoms with van der Waals surface area (Å²) in [5.74, 6) is -0.297. The first-order valence-corrected chi connectivity index (χ1v) is 4.32. The van der Waals surface area contributed by atoms with Crippen LogP contribution in [0.1, 0.15) is 13.3 Å². The molecule has 2 atom stereocenters. The van der Waals surface area contributed by atoms with Crippen molar-refractivity contribution in [3.63, 3.8) is 0 Å². The SMILES string of the molecule is CCC(O)CNC(=O)C(N)COC. The van der Waals surface area contributed by atoms with E-state index in [1.807, 2.05) is 6.92 Å². The Bertz CT molecular complexity index is 152. The number of amides is 1. The number of carbonyl (C=O) groups excluding carboxylic acids is 1. The van der Waals surface area contributed by atoms with Gasteiger partial charge in [-0.05, 0) is 6.42 Å². The van der Waals surface area contributed by atoms with E-state index in [2.05, 4.69) is 5.32 Å². The van der Waals surface area contributed by atoms with E-state index in [4.69, 9.17) is 15.6 Å². The normalized spacial score (nSPS) is 15.1. The Morgan fingerprint density at radius 2 is 2.31 bits per heavy atom. The van der Waals surface area contributed by atoms with Gasteiger partial charge in [0.2, 0.25) is 5.91 Å². The lowest BCUT2D eigenvalue weighted by Crippen LogP contribution is -2.45. The van der Waals surface area contributed by atoms with Crippen LogP contribution in [0.15, 0.2) is 0 Å². The van der Waals surface area contributed by atoms with Crippen LogP contribution in [0.2, 0.25) is 0 Å². The van der Waals surface area contributed by atoms with Crippen LogP contribution < -0.4 is 11.1 Å². The molecule has 13 heavy (non-hydrogen) atoms. The van der Waals surface area contributed by atoms with Crippen LogP contribution in [0, 0.1) is 0 Å². The second kappa shape index (κ2) is 6.82. The standard InChI is InChI=1S/C8H18N2O3/c1-3-6(11)4-10-8(12)7(9)5-13-2/h6-7,11H,3-5,9H2,1-2H3,(H,10,12). The second-order valence-corrected chi connectivity index (χ2v) is 2.87. The molecule has 0 aromatic rings. The number of nitrogens with two attached hydrogens (primary N) is 1. The first-order chi connectivity index (χ1) is 6.11. The highest BCUT2D eigenvalue weighted by atomic mass is 16.5.